The molecule has 0 spiro atoms. The summed E-state index contributed by atoms with van der Waals surface area (Å²) < 4.78 is 5.35. The molecule has 7 nitrogen and oxygen atoms in total. The molecule has 1 N–H and O–H groups in total. The van der Waals surface area contributed by atoms with Gasteiger partial charge in [-0.25, -0.2) is 9.97 Å². The number of anilines is 1. The molecule has 2 aromatic heterocycles. The molecular formula is C18H22N6O. The lowest BCUT2D eigenvalue weighted by atomic mass is 10.1. The Morgan fingerprint density at radius 2 is 2.00 bits per heavy atom. The number of methoxy groups -OCH3 is 1. The van der Waals surface area contributed by atoms with Crippen LogP contribution in [0.2, 0.25) is 0 Å². The summed E-state index contributed by atoms with van der Waals surface area (Å²) in [6, 6.07) is 8.68. The second kappa shape index (κ2) is 6.68. The summed E-state index contributed by atoms with van der Waals surface area (Å²) in [4.78, 5) is 13.5. The fraction of sp³-hybridized carbons (Fsp3) is 0.389. The molecule has 1 unspecified atom stereocenters. The quantitative estimate of drug-likeness (QED) is 0.787. The zero-order valence-corrected chi connectivity index (χ0v) is 14.5. The van der Waals surface area contributed by atoms with E-state index in [1.165, 1.54) is 5.56 Å². The van der Waals surface area contributed by atoms with Crippen LogP contribution in [0.4, 0.5) is 5.82 Å². The van der Waals surface area contributed by atoms with Gasteiger partial charge in [0.2, 0.25) is 0 Å². The van der Waals surface area contributed by atoms with Crippen molar-refractivity contribution >= 4 is 16.9 Å². The van der Waals surface area contributed by atoms with Gasteiger partial charge in [-0.15, -0.1) is 0 Å². The van der Waals surface area contributed by atoms with Crippen LogP contribution in [0, 0.1) is 0 Å². The first kappa shape index (κ1) is 15.8. The van der Waals surface area contributed by atoms with E-state index in [2.05, 4.69) is 55.1 Å². The summed E-state index contributed by atoms with van der Waals surface area (Å²) in [5.74, 6) is 1.87. The Morgan fingerprint density at radius 1 is 1.16 bits per heavy atom. The lowest BCUT2D eigenvalue weighted by Gasteiger charge is -2.38. The monoisotopic (exact) mass is 338 g/mol. The van der Waals surface area contributed by atoms with Crippen LogP contribution in [0.1, 0.15) is 18.5 Å². The average Bonchev–Trinajstić information content (AvgIpc) is 3.16. The number of ether oxygens (including phenoxy) is 1. The zero-order valence-electron chi connectivity index (χ0n) is 14.5. The van der Waals surface area contributed by atoms with E-state index in [1.807, 2.05) is 6.07 Å². The van der Waals surface area contributed by atoms with E-state index in [4.69, 9.17) is 4.74 Å². The first-order valence-electron chi connectivity index (χ1n) is 8.53. The Balaban J connectivity index is 1.47. The van der Waals surface area contributed by atoms with Crippen LogP contribution in [0.5, 0.6) is 5.75 Å². The Labute approximate surface area is 146 Å². The van der Waals surface area contributed by atoms with E-state index in [0.717, 1.165) is 48.8 Å². The fourth-order valence-electron chi connectivity index (χ4n) is 3.44. The topological polar surface area (TPSA) is 70.2 Å². The first-order valence-corrected chi connectivity index (χ1v) is 8.53. The van der Waals surface area contributed by atoms with Gasteiger partial charge in [0.15, 0.2) is 5.65 Å². The van der Waals surface area contributed by atoms with E-state index >= 15 is 0 Å². The van der Waals surface area contributed by atoms with Crippen LogP contribution in [-0.4, -0.2) is 58.4 Å². The first-order chi connectivity index (χ1) is 12.3. The fourth-order valence-corrected chi connectivity index (χ4v) is 3.44. The molecule has 1 aliphatic heterocycles. The average molecular weight is 338 g/mol. The van der Waals surface area contributed by atoms with Gasteiger partial charge in [-0.05, 0) is 24.6 Å². The molecule has 0 bridgehead atoms. The normalized spacial score (nSPS) is 17.0. The van der Waals surface area contributed by atoms with Crippen molar-refractivity contribution in [3.05, 3.63) is 42.4 Å². The highest BCUT2D eigenvalue weighted by Crippen LogP contribution is 2.27. The number of nitrogens with zero attached hydrogens (tertiary/aromatic N) is 5. The smallest absolute Gasteiger partial charge is 0.160 e. The minimum atomic E-state index is 0.358. The molecule has 25 heavy (non-hydrogen) atoms. The third kappa shape index (κ3) is 3.02. The number of piperazine rings is 1. The van der Waals surface area contributed by atoms with Gasteiger partial charge in [0.1, 0.15) is 17.9 Å². The number of benzene rings is 1. The van der Waals surface area contributed by atoms with E-state index < -0.39 is 0 Å². The van der Waals surface area contributed by atoms with E-state index in [1.54, 1.807) is 19.6 Å². The Hall–Kier alpha value is -2.67. The second-order valence-corrected chi connectivity index (χ2v) is 6.31. The molecule has 1 saturated heterocycles. The Kier molecular flexibility index (Phi) is 4.23. The van der Waals surface area contributed by atoms with Crippen LogP contribution < -0.4 is 9.64 Å². The third-order valence-electron chi connectivity index (χ3n) is 4.96. The number of aromatic amines is 1. The van der Waals surface area contributed by atoms with Crippen LogP contribution >= 0.6 is 0 Å². The molecule has 1 aliphatic rings. The highest BCUT2D eigenvalue weighted by molar-refractivity contribution is 5.86. The molecule has 1 atom stereocenters. The van der Waals surface area contributed by atoms with Crippen molar-refractivity contribution < 1.29 is 4.74 Å². The largest absolute Gasteiger partial charge is 0.497 e. The predicted molar refractivity (Wildman–Crippen MR) is 96.9 cm³/mol. The number of aromatic nitrogens is 4. The van der Waals surface area contributed by atoms with Crippen molar-refractivity contribution in [1.82, 2.24) is 25.1 Å². The number of hydrogen-bond acceptors (Lipinski definition) is 6. The highest BCUT2D eigenvalue weighted by atomic mass is 16.5. The third-order valence-corrected chi connectivity index (χ3v) is 4.96. The maximum atomic E-state index is 5.35. The number of fused-ring (bicyclic) bond motifs is 1. The van der Waals surface area contributed by atoms with Gasteiger partial charge in [0.05, 0.1) is 18.7 Å². The van der Waals surface area contributed by atoms with Crippen LogP contribution in [0.15, 0.2) is 36.8 Å². The van der Waals surface area contributed by atoms with Gasteiger partial charge in [-0.2, -0.15) is 5.10 Å². The van der Waals surface area contributed by atoms with E-state index in [0.29, 0.717) is 6.04 Å². The summed E-state index contributed by atoms with van der Waals surface area (Å²) in [7, 11) is 1.71. The lowest BCUT2D eigenvalue weighted by molar-refractivity contribution is 0.198. The SMILES string of the molecule is COc1cccc(C(C)N2CCN(c3ncnc4[nH]ncc34)CC2)c1. The molecule has 0 saturated carbocycles. The molecule has 0 radical (unpaired) electrons. The van der Waals surface area contributed by atoms with Gasteiger partial charge in [0, 0.05) is 32.2 Å². The van der Waals surface area contributed by atoms with Gasteiger partial charge < -0.3 is 9.64 Å². The summed E-state index contributed by atoms with van der Waals surface area (Å²) in [5, 5.41) is 7.97. The lowest BCUT2D eigenvalue weighted by Crippen LogP contribution is -2.47. The van der Waals surface area contributed by atoms with Crippen molar-refractivity contribution in [3.8, 4) is 5.75 Å². The van der Waals surface area contributed by atoms with Crippen molar-refractivity contribution in [2.45, 2.75) is 13.0 Å². The molecule has 7 heteroatoms. The Morgan fingerprint density at radius 3 is 2.80 bits per heavy atom. The summed E-state index contributed by atoms with van der Waals surface area (Å²) in [6.07, 6.45) is 3.40. The van der Waals surface area contributed by atoms with Gasteiger partial charge in [-0.1, -0.05) is 12.1 Å². The number of hydrogen-bond donors (Lipinski definition) is 1. The van der Waals surface area contributed by atoms with Gasteiger partial charge in [0.25, 0.3) is 0 Å². The van der Waals surface area contributed by atoms with Crippen molar-refractivity contribution in [2.24, 2.45) is 0 Å². The maximum Gasteiger partial charge on any atom is 0.160 e. The standard InChI is InChI=1S/C18H22N6O/c1-13(14-4-3-5-15(10-14)25-2)23-6-8-24(9-7-23)18-16-11-21-22-17(16)19-12-20-18/h3-5,10-13H,6-9H2,1-2H3,(H,19,20,21,22). The molecule has 0 aliphatic carbocycles. The zero-order chi connectivity index (χ0) is 17.2. The minimum Gasteiger partial charge on any atom is -0.497 e. The summed E-state index contributed by atoms with van der Waals surface area (Å²) >= 11 is 0. The second-order valence-electron chi connectivity index (χ2n) is 6.31. The number of rotatable bonds is 4. The minimum absolute atomic E-state index is 0.358. The molecule has 1 fully saturated rings. The maximum absolute atomic E-state index is 5.35. The predicted octanol–water partition coefficient (Wildman–Crippen LogP) is 2.24. The van der Waals surface area contributed by atoms with Crippen molar-refractivity contribution in [2.75, 3.05) is 38.2 Å². The highest BCUT2D eigenvalue weighted by Gasteiger charge is 2.24. The Bertz CT molecular complexity index is 855. The van der Waals surface area contributed by atoms with E-state index in [-0.39, 0.29) is 0 Å². The molecule has 0 amide bonds. The van der Waals surface area contributed by atoms with Gasteiger partial charge >= 0.3 is 0 Å². The van der Waals surface area contributed by atoms with Crippen molar-refractivity contribution in [1.29, 1.82) is 0 Å². The van der Waals surface area contributed by atoms with E-state index in [9.17, 15) is 0 Å². The van der Waals surface area contributed by atoms with Crippen LogP contribution in [-0.2, 0) is 0 Å². The summed E-state index contributed by atoms with van der Waals surface area (Å²) in [6.45, 7) is 6.10. The van der Waals surface area contributed by atoms with Crippen LogP contribution in [0.3, 0.4) is 0 Å². The molecule has 3 aromatic rings. The molecule has 130 valence electrons. The van der Waals surface area contributed by atoms with Crippen LogP contribution in [0.25, 0.3) is 11.0 Å². The van der Waals surface area contributed by atoms with Gasteiger partial charge in [-0.3, -0.25) is 10.00 Å². The molecule has 4 rings (SSSR count). The molecule has 3 heterocycles. The molecule has 1 aromatic carbocycles. The summed E-state index contributed by atoms with van der Waals surface area (Å²) in [5.41, 5.74) is 2.07. The van der Waals surface area contributed by atoms with Crippen molar-refractivity contribution in [3.63, 3.8) is 0 Å². The number of nitrogens with one attached hydrogen (secondary N) is 1. The molecular weight excluding hydrogens is 316 g/mol. The number of H-pyrrole nitrogens is 1.